The number of fused-ring (bicyclic) bond motifs is 3. The van der Waals surface area contributed by atoms with Gasteiger partial charge in [0.2, 0.25) is 5.91 Å². The first-order valence-corrected chi connectivity index (χ1v) is 9.68. The van der Waals surface area contributed by atoms with Gasteiger partial charge in [-0.2, -0.15) is 5.10 Å². The molecule has 28 heavy (non-hydrogen) atoms. The summed E-state index contributed by atoms with van der Waals surface area (Å²) < 4.78 is 1.83. The summed E-state index contributed by atoms with van der Waals surface area (Å²) in [4.78, 5) is 28.3. The van der Waals surface area contributed by atoms with Gasteiger partial charge in [-0.25, -0.2) is 14.3 Å². The second kappa shape index (κ2) is 8.37. The van der Waals surface area contributed by atoms with Crippen molar-refractivity contribution in [2.45, 2.75) is 58.9 Å². The van der Waals surface area contributed by atoms with E-state index in [2.05, 4.69) is 10.4 Å². The SMILES string of the molecule is CCCC[C@H](NC(=O)CCc1c(C)nc2c3ccccc3nn2c1C)C(=O)O. The minimum absolute atomic E-state index is 0.214. The largest absolute Gasteiger partial charge is 0.480 e. The minimum atomic E-state index is -0.986. The Labute approximate surface area is 163 Å². The highest BCUT2D eigenvalue weighted by Gasteiger charge is 2.20. The molecule has 0 aliphatic rings. The third kappa shape index (κ3) is 3.98. The molecular formula is C21H26N4O3. The molecule has 148 valence electrons. The summed E-state index contributed by atoms with van der Waals surface area (Å²) in [5.74, 6) is -1.24. The van der Waals surface area contributed by atoms with Gasteiger partial charge in [0.05, 0.1) is 5.52 Å². The van der Waals surface area contributed by atoms with Crippen LogP contribution in [0, 0.1) is 13.8 Å². The number of benzene rings is 1. The Kier molecular flexibility index (Phi) is 5.92. The van der Waals surface area contributed by atoms with Gasteiger partial charge in [0.25, 0.3) is 0 Å². The van der Waals surface area contributed by atoms with Gasteiger partial charge < -0.3 is 10.4 Å². The molecule has 3 rings (SSSR count). The number of amides is 1. The van der Waals surface area contributed by atoms with Crippen LogP contribution < -0.4 is 5.32 Å². The van der Waals surface area contributed by atoms with E-state index in [0.29, 0.717) is 12.8 Å². The molecule has 1 amide bonds. The summed E-state index contributed by atoms with van der Waals surface area (Å²) in [6, 6.07) is 7.03. The maximum Gasteiger partial charge on any atom is 0.326 e. The molecule has 1 atom stereocenters. The van der Waals surface area contributed by atoms with Crippen LogP contribution in [0.5, 0.6) is 0 Å². The number of aromatic nitrogens is 3. The van der Waals surface area contributed by atoms with Crippen LogP contribution in [-0.4, -0.2) is 37.6 Å². The van der Waals surface area contributed by atoms with Crippen LogP contribution in [0.2, 0.25) is 0 Å². The maximum atomic E-state index is 12.3. The average Bonchev–Trinajstić information content (AvgIpc) is 3.03. The van der Waals surface area contributed by atoms with E-state index in [1.807, 2.05) is 49.6 Å². The molecule has 1 aromatic carbocycles. The Morgan fingerprint density at radius 1 is 1.25 bits per heavy atom. The standard InChI is InChI=1S/C21H26N4O3/c1-4-5-9-18(21(27)28)23-19(26)12-11-15-13(2)22-20-16-8-6-7-10-17(16)24-25(20)14(15)3/h6-8,10,18H,4-5,9,11-12H2,1-3H3,(H,23,26)(H,27,28)/t18-/m0/s1. The van der Waals surface area contributed by atoms with Crippen molar-refractivity contribution in [1.29, 1.82) is 0 Å². The molecule has 0 saturated heterocycles. The zero-order valence-corrected chi connectivity index (χ0v) is 16.5. The molecule has 0 aliphatic heterocycles. The van der Waals surface area contributed by atoms with Crippen molar-refractivity contribution in [2.75, 3.05) is 0 Å². The molecule has 2 N–H and O–H groups in total. The van der Waals surface area contributed by atoms with Gasteiger partial charge in [-0.1, -0.05) is 31.9 Å². The highest BCUT2D eigenvalue weighted by atomic mass is 16.4. The smallest absolute Gasteiger partial charge is 0.326 e. The Morgan fingerprint density at radius 2 is 2.00 bits per heavy atom. The molecular weight excluding hydrogens is 356 g/mol. The molecule has 3 aromatic rings. The lowest BCUT2D eigenvalue weighted by molar-refractivity contribution is -0.142. The summed E-state index contributed by atoms with van der Waals surface area (Å²) in [6.45, 7) is 5.90. The summed E-state index contributed by atoms with van der Waals surface area (Å²) >= 11 is 0. The molecule has 2 aromatic heterocycles. The lowest BCUT2D eigenvalue weighted by atomic mass is 10.1. The fourth-order valence-electron chi connectivity index (χ4n) is 3.51. The molecule has 0 aliphatic carbocycles. The number of aryl methyl sites for hydroxylation is 2. The third-order valence-corrected chi connectivity index (χ3v) is 5.10. The predicted octanol–water partition coefficient (Wildman–Crippen LogP) is 3.19. The van der Waals surface area contributed by atoms with Crippen molar-refractivity contribution in [3.05, 3.63) is 41.2 Å². The monoisotopic (exact) mass is 382 g/mol. The van der Waals surface area contributed by atoms with Gasteiger partial charge in [0.15, 0.2) is 5.65 Å². The molecule has 0 radical (unpaired) electrons. The van der Waals surface area contributed by atoms with Crippen LogP contribution in [0.3, 0.4) is 0 Å². The highest BCUT2D eigenvalue weighted by molar-refractivity contribution is 5.92. The van der Waals surface area contributed by atoms with E-state index in [1.54, 1.807) is 0 Å². The molecule has 7 nitrogen and oxygen atoms in total. The van der Waals surface area contributed by atoms with Crippen molar-refractivity contribution in [2.24, 2.45) is 0 Å². The summed E-state index contributed by atoms with van der Waals surface area (Å²) in [6.07, 6.45) is 2.81. The maximum absolute atomic E-state index is 12.3. The number of carbonyl (C=O) groups is 2. The van der Waals surface area contributed by atoms with Gasteiger partial charge >= 0.3 is 5.97 Å². The Bertz CT molecular complexity index is 1030. The van der Waals surface area contributed by atoms with E-state index in [-0.39, 0.29) is 12.3 Å². The van der Waals surface area contributed by atoms with E-state index < -0.39 is 12.0 Å². The fourth-order valence-corrected chi connectivity index (χ4v) is 3.51. The van der Waals surface area contributed by atoms with Crippen molar-refractivity contribution < 1.29 is 14.7 Å². The van der Waals surface area contributed by atoms with Crippen LogP contribution in [-0.2, 0) is 16.0 Å². The molecule has 0 fully saturated rings. The Morgan fingerprint density at radius 3 is 2.71 bits per heavy atom. The number of carboxylic acids is 1. The van der Waals surface area contributed by atoms with E-state index in [9.17, 15) is 14.7 Å². The number of unbranched alkanes of at least 4 members (excludes halogenated alkanes) is 1. The number of rotatable bonds is 8. The molecule has 0 spiro atoms. The number of hydrogen-bond acceptors (Lipinski definition) is 4. The van der Waals surface area contributed by atoms with Crippen LogP contribution in [0.1, 0.15) is 49.6 Å². The van der Waals surface area contributed by atoms with Crippen LogP contribution in [0.4, 0.5) is 0 Å². The van der Waals surface area contributed by atoms with Gasteiger partial charge in [0, 0.05) is 23.2 Å². The van der Waals surface area contributed by atoms with Crippen molar-refractivity contribution in [3.63, 3.8) is 0 Å². The van der Waals surface area contributed by atoms with Crippen molar-refractivity contribution in [1.82, 2.24) is 19.9 Å². The molecule has 0 unspecified atom stereocenters. The number of hydrogen-bond donors (Lipinski definition) is 2. The lowest BCUT2D eigenvalue weighted by Crippen LogP contribution is -2.40. The minimum Gasteiger partial charge on any atom is -0.480 e. The van der Waals surface area contributed by atoms with E-state index in [1.165, 1.54) is 0 Å². The second-order valence-electron chi connectivity index (χ2n) is 7.11. The Balaban J connectivity index is 1.78. The summed E-state index contributed by atoms with van der Waals surface area (Å²) in [5.41, 5.74) is 4.48. The number of aliphatic carboxylic acids is 1. The Hall–Kier alpha value is -2.96. The zero-order chi connectivity index (χ0) is 20.3. The van der Waals surface area contributed by atoms with Gasteiger partial charge in [-0.15, -0.1) is 0 Å². The molecule has 7 heteroatoms. The first-order chi connectivity index (χ1) is 13.4. The first kappa shape index (κ1) is 19.8. The number of nitrogens with zero attached hydrogens (tertiary/aromatic N) is 3. The second-order valence-corrected chi connectivity index (χ2v) is 7.11. The normalized spacial score (nSPS) is 12.4. The topological polar surface area (TPSA) is 96.6 Å². The van der Waals surface area contributed by atoms with Gasteiger partial charge in [-0.3, -0.25) is 4.79 Å². The third-order valence-electron chi connectivity index (χ3n) is 5.10. The highest BCUT2D eigenvalue weighted by Crippen LogP contribution is 2.22. The number of nitrogens with one attached hydrogen (secondary N) is 1. The van der Waals surface area contributed by atoms with E-state index in [4.69, 9.17) is 4.98 Å². The van der Waals surface area contributed by atoms with E-state index >= 15 is 0 Å². The zero-order valence-electron chi connectivity index (χ0n) is 16.5. The quantitative estimate of drug-likeness (QED) is 0.624. The van der Waals surface area contributed by atoms with Gasteiger partial charge in [0.1, 0.15) is 6.04 Å². The van der Waals surface area contributed by atoms with E-state index in [0.717, 1.165) is 46.3 Å². The van der Waals surface area contributed by atoms with Gasteiger partial charge in [-0.05, 0) is 44.4 Å². The molecule has 0 bridgehead atoms. The fraction of sp³-hybridized carbons (Fsp3) is 0.429. The summed E-state index contributed by atoms with van der Waals surface area (Å²) in [7, 11) is 0. The first-order valence-electron chi connectivity index (χ1n) is 9.68. The predicted molar refractivity (Wildman–Crippen MR) is 107 cm³/mol. The molecule has 0 saturated carbocycles. The van der Waals surface area contributed by atoms with Crippen molar-refractivity contribution in [3.8, 4) is 0 Å². The number of carbonyl (C=O) groups excluding carboxylic acids is 1. The molecule has 2 heterocycles. The van der Waals surface area contributed by atoms with Crippen LogP contribution in [0.15, 0.2) is 24.3 Å². The average molecular weight is 382 g/mol. The summed E-state index contributed by atoms with van der Waals surface area (Å²) in [5, 5.41) is 17.5. The van der Waals surface area contributed by atoms with Crippen molar-refractivity contribution >= 4 is 28.4 Å². The number of carboxylic acid groups (broad SMARTS) is 1. The lowest BCUT2D eigenvalue weighted by Gasteiger charge is -2.15. The van der Waals surface area contributed by atoms with Crippen LogP contribution >= 0.6 is 0 Å². The van der Waals surface area contributed by atoms with Crippen LogP contribution in [0.25, 0.3) is 16.6 Å².